The third kappa shape index (κ3) is 3.45. The second kappa shape index (κ2) is 6.34. The summed E-state index contributed by atoms with van der Waals surface area (Å²) in [6.45, 7) is 1.51. The molecule has 2 rings (SSSR count). The molecular formula is C15H20N4O. The highest BCUT2D eigenvalue weighted by molar-refractivity contribution is 6.00. The van der Waals surface area contributed by atoms with Gasteiger partial charge in [0.05, 0.1) is 17.7 Å². The predicted octanol–water partition coefficient (Wildman–Crippen LogP) is 1.85. The molecule has 5 heteroatoms. The van der Waals surface area contributed by atoms with Crippen LogP contribution >= 0.6 is 0 Å². The molecule has 0 bridgehead atoms. The monoisotopic (exact) mass is 272 g/mol. The van der Waals surface area contributed by atoms with Gasteiger partial charge in [0.1, 0.15) is 5.84 Å². The minimum absolute atomic E-state index is 0.0223. The molecule has 2 aromatic rings. The first kappa shape index (κ1) is 14.3. The Morgan fingerprint density at radius 2 is 2.10 bits per heavy atom. The highest BCUT2D eigenvalue weighted by Crippen LogP contribution is 2.22. The number of nitrogens with two attached hydrogens (primary N) is 1. The maximum Gasteiger partial charge on any atom is 0.225 e. The third-order valence-corrected chi connectivity index (χ3v) is 2.97. The molecule has 106 valence electrons. The number of rotatable bonds is 6. The van der Waals surface area contributed by atoms with E-state index in [2.05, 4.69) is 9.88 Å². The van der Waals surface area contributed by atoms with Crippen LogP contribution in [0.2, 0.25) is 0 Å². The Morgan fingerprint density at radius 3 is 2.80 bits per heavy atom. The Hall–Kier alpha value is -2.14. The van der Waals surface area contributed by atoms with Crippen LogP contribution < -0.4 is 10.5 Å². The largest absolute Gasteiger partial charge is 0.477 e. The summed E-state index contributed by atoms with van der Waals surface area (Å²) < 4.78 is 5.70. The van der Waals surface area contributed by atoms with Gasteiger partial charge in [-0.05, 0) is 32.6 Å². The van der Waals surface area contributed by atoms with E-state index in [4.69, 9.17) is 15.9 Å². The number of nitrogens with one attached hydrogen (secondary N) is 1. The Balaban J connectivity index is 2.21. The molecule has 0 aliphatic carbocycles. The number of hydrogen-bond acceptors (Lipinski definition) is 4. The summed E-state index contributed by atoms with van der Waals surface area (Å²) in [6, 6.07) is 9.59. The predicted molar refractivity (Wildman–Crippen MR) is 81.4 cm³/mol. The van der Waals surface area contributed by atoms with Gasteiger partial charge in [-0.1, -0.05) is 18.2 Å². The number of nitrogen functional groups attached to an aromatic ring is 1. The van der Waals surface area contributed by atoms with Gasteiger partial charge in [-0.3, -0.25) is 5.41 Å². The van der Waals surface area contributed by atoms with Crippen LogP contribution in [0.1, 0.15) is 12.0 Å². The maximum atomic E-state index is 7.65. The van der Waals surface area contributed by atoms with Crippen molar-refractivity contribution < 1.29 is 4.74 Å². The van der Waals surface area contributed by atoms with Crippen LogP contribution in [-0.2, 0) is 0 Å². The lowest BCUT2D eigenvalue weighted by Crippen LogP contribution is -2.17. The van der Waals surface area contributed by atoms with Crippen LogP contribution in [-0.4, -0.2) is 43.0 Å². The van der Waals surface area contributed by atoms with Crippen LogP contribution in [0.5, 0.6) is 5.88 Å². The molecule has 1 heterocycles. The van der Waals surface area contributed by atoms with Crippen molar-refractivity contribution in [1.29, 1.82) is 5.41 Å². The molecule has 0 unspecified atom stereocenters. The quantitative estimate of drug-likeness (QED) is 0.478. The van der Waals surface area contributed by atoms with Gasteiger partial charge in [0.15, 0.2) is 0 Å². The van der Waals surface area contributed by atoms with E-state index in [-0.39, 0.29) is 5.84 Å². The summed E-state index contributed by atoms with van der Waals surface area (Å²) in [4.78, 5) is 6.56. The first-order chi connectivity index (χ1) is 9.58. The van der Waals surface area contributed by atoms with E-state index in [1.807, 2.05) is 44.4 Å². The van der Waals surface area contributed by atoms with E-state index < -0.39 is 0 Å². The van der Waals surface area contributed by atoms with Gasteiger partial charge in [0.2, 0.25) is 5.88 Å². The third-order valence-electron chi connectivity index (χ3n) is 2.97. The molecule has 0 saturated heterocycles. The Labute approximate surface area is 118 Å². The summed E-state index contributed by atoms with van der Waals surface area (Å²) in [6.07, 6.45) is 0.902. The fraction of sp³-hybridized carbons (Fsp3) is 0.333. The minimum atomic E-state index is -0.0223. The zero-order valence-corrected chi connectivity index (χ0v) is 11.9. The number of para-hydroxylation sites is 1. The topological polar surface area (TPSA) is 75.2 Å². The molecule has 3 N–H and O–H groups in total. The number of fused-ring (bicyclic) bond motifs is 1. The molecule has 0 aliphatic heterocycles. The Kier molecular flexibility index (Phi) is 4.53. The van der Waals surface area contributed by atoms with Gasteiger partial charge >= 0.3 is 0 Å². The number of benzene rings is 1. The van der Waals surface area contributed by atoms with Gasteiger partial charge in [0, 0.05) is 11.9 Å². The highest BCUT2D eigenvalue weighted by atomic mass is 16.5. The van der Waals surface area contributed by atoms with Crippen LogP contribution in [0.3, 0.4) is 0 Å². The second-order valence-corrected chi connectivity index (χ2v) is 4.95. The SMILES string of the molecule is CN(C)CCCOc1nc2ccccc2cc1C(=N)N. The van der Waals surface area contributed by atoms with Crippen LogP contribution in [0.4, 0.5) is 0 Å². The lowest BCUT2D eigenvalue weighted by molar-refractivity contribution is 0.273. The lowest BCUT2D eigenvalue weighted by Gasteiger charge is -2.12. The lowest BCUT2D eigenvalue weighted by atomic mass is 10.1. The van der Waals surface area contributed by atoms with Crippen molar-refractivity contribution in [2.45, 2.75) is 6.42 Å². The van der Waals surface area contributed by atoms with E-state index in [0.29, 0.717) is 18.1 Å². The molecule has 0 fully saturated rings. The molecule has 0 saturated carbocycles. The highest BCUT2D eigenvalue weighted by Gasteiger charge is 2.10. The molecule has 0 atom stereocenters. The number of pyridine rings is 1. The fourth-order valence-corrected chi connectivity index (χ4v) is 1.95. The van der Waals surface area contributed by atoms with E-state index in [1.165, 1.54) is 0 Å². The Bertz CT molecular complexity index is 610. The summed E-state index contributed by atoms with van der Waals surface area (Å²) in [7, 11) is 4.05. The van der Waals surface area contributed by atoms with Crippen molar-refractivity contribution in [3.8, 4) is 5.88 Å². The van der Waals surface area contributed by atoms with Gasteiger partial charge in [-0.2, -0.15) is 0 Å². The van der Waals surface area contributed by atoms with Gasteiger partial charge in [0.25, 0.3) is 0 Å². The molecular weight excluding hydrogens is 252 g/mol. The molecule has 1 aromatic heterocycles. The zero-order valence-electron chi connectivity index (χ0n) is 11.9. The fourth-order valence-electron chi connectivity index (χ4n) is 1.95. The van der Waals surface area contributed by atoms with Gasteiger partial charge < -0.3 is 15.4 Å². The molecule has 0 aliphatic rings. The van der Waals surface area contributed by atoms with Crippen molar-refractivity contribution in [3.63, 3.8) is 0 Å². The summed E-state index contributed by atoms with van der Waals surface area (Å²) in [5.74, 6) is 0.417. The Morgan fingerprint density at radius 1 is 1.35 bits per heavy atom. The molecule has 0 amide bonds. The number of hydrogen-bond donors (Lipinski definition) is 2. The van der Waals surface area contributed by atoms with E-state index in [0.717, 1.165) is 23.9 Å². The molecule has 1 aromatic carbocycles. The molecule has 5 nitrogen and oxygen atoms in total. The average Bonchev–Trinajstić information content (AvgIpc) is 2.42. The summed E-state index contributed by atoms with van der Waals surface area (Å²) in [5, 5.41) is 8.61. The van der Waals surface area contributed by atoms with E-state index in [1.54, 1.807) is 0 Å². The van der Waals surface area contributed by atoms with Crippen molar-refractivity contribution >= 4 is 16.7 Å². The van der Waals surface area contributed by atoms with Crippen LogP contribution in [0, 0.1) is 5.41 Å². The standard InChI is InChI=1S/C15H20N4O/c1-19(2)8-5-9-20-15-12(14(16)17)10-11-6-3-4-7-13(11)18-15/h3-4,6-7,10H,5,8-9H2,1-2H3,(H3,16,17). The smallest absolute Gasteiger partial charge is 0.225 e. The van der Waals surface area contributed by atoms with Crippen LogP contribution in [0.15, 0.2) is 30.3 Å². The molecule has 20 heavy (non-hydrogen) atoms. The number of nitrogens with zero attached hydrogens (tertiary/aromatic N) is 2. The summed E-state index contributed by atoms with van der Waals surface area (Å²) >= 11 is 0. The van der Waals surface area contributed by atoms with Gasteiger partial charge in [-0.25, -0.2) is 4.98 Å². The summed E-state index contributed by atoms with van der Waals surface area (Å²) in [5.41, 5.74) is 7.01. The average molecular weight is 272 g/mol. The molecule has 0 spiro atoms. The minimum Gasteiger partial charge on any atom is -0.477 e. The van der Waals surface area contributed by atoms with E-state index in [9.17, 15) is 0 Å². The van der Waals surface area contributed by atoms with Crippen molar-refractivity contribution in [1.82, 2.24) is 9.88 Å². The number of ether oxygens (including phenoxy) is 1. The molecule has 0 radical (unpaired) electrons. The maximum absolute atomic E-state index is 7.65. The van der Waals surface area contributed by atoms with Crippen LogP contribution in [0.25, 0.3) is 10.9 Å². The van der Waals surface area contributed by atoms with Crippen molar-refractivity contribution in [2.24, 2.45) is 5.73 Å². The van der Waals surface area contributed by atoms with E-state index >= 15 is 0 Å². The first-order valence-electron chi connectivity index (χ1n) is 6.59. The first-order valence-corrected chi connectivity index (χ1v) is 6.59. The second-order valence-electron chi connectivity index (χ2n) is 4.95. The normalized spacial score (nSPS) is 10.9. The number of amidine groups is 1. The van der Waals surface area contributed by atoms with Crippen molar-refractivity contribution in [2.75, 3.05) is 27.2 Å². The zero-order chi connectivity index (χ0) is 14.5. The van der Waals surface area contributed by atoms with Gasteiger partial charge in [-0.15, -0.1) is 0 Å². The van der Waals surface area contributed by atoms with Crippen molar-refractivity contribution in [3.05, 3.63) is 35.9 Å². The number of aromatic nitrogens is 1.